The van der Waals surface area contributed by atoms with Crippen molar-refractivity contribution in [2.75, 3.05) is 23.0 Å². The first-order chi connectivity index (χ1) is 19.4. The molecule has 3 aromatic rings. The summed E-state index contributed by atoms with van der Waals surface area (Å²) < 4.78 is 5.29. The van der Waals surface area contributed by atoms with E-state index in [0.717, 1.165) is 35.2 Å². The number of nitrogens with two attached hydrogens (primary N) is 1. The minimum absolute atomic E-state index is 0. The van der Waals surface area contributed by atoms with Gasteiger partial charge in [-0.05, 0) is 61.1 Å². The Morgan fingerprint density at radius 2 is 1.78 bits per heavy atom. The summed E-state index contributed by atoms with van der Waals surface area (Å²) in [6, 6.07) is 22.8. The molecule has 3 N–H and O–H groups in total. The number of ether oxygens (including phenoxy) is 1. The molecule has 0 bridgehead atoms. The molecule has 9 heteroatoms. The zero-order valence-electron chi connectivity index (χ0n) is 23.1. The van der Waals surface area contributed by atoms with E-state index in [-0.39, 0.29) is 48.8 Å². The van der Waals surface area contributed by atoms with Crippen LogP contribution in [0.5, 0.6) is 0 Å². The number of rotatable bonds is 11. The molecule has 0 unspecified atom stereocenters. The van der Waals surface area contributed by atoms with E-state index in [2.05, 4.69) is 0 Å². The molecule has 0 radical (unpaired) electrons. The number of halogens is 1. The van der Waals surface area contributed by atoms with Gasteiger partial charge >= 0.3 is 0 Å². The first-order valence-corrected chi connectivity index (χ1v) is 13.5. The Morgan fingerprint density at radius 3 is 2.44 bits per heavy atom. The van der Waals surface area contributed by atoms with Crippen molar-refractivity contribution < 1.29 is 19.1 Å². The van der Waals surface area contributed by atoms with Gasteiger partial charge in [-0.3, -0.25) is 15.0 Å². The largest absolute Gasteiger partial charge is 0.486 e. The maximum atomic E-state index is 13.4. The quantitative estimate of drug-likeness (QED) is 0.145. The van der Waals surface area contributed by atoms with Gasteiger partial charge in [0.15, 0.2) is 11.7 Å². The molecule has 1 heterocycles. The lowest BCUT2D eigenvalue weighted by atomic mass is 9.99. The summed E-state index contributed by atoms with van der Waals surface area (Å²) in [5.41, 5.74) is 10.7. The Labute approximate surface area is 246 Å². The van der Waals surface area contributed by atoms with E-state index in [4.69, 9.17) is 15.9 Å². The molecule has 0 fully saturated rings. The van der Waals surface area contributed by atoms with Crippen molar-refractivity contribution in [3.05, 3.63) is 101 Å². The second-order valence-corrected chi connectivity index (χ2v) is 9.67. The van der Waals surface area contributed by atoms with E-state index in [0.29, 0.717) is 37.2 Å². The molecule has 3 aromatic carbocycles. The number of anilines is 2. The highest BCUT2D eigenvalue weighted by molar-refractivity contribution is 5.98. The molecule has 1 aliphatic rings. The van der Waals surface area contributed by atoms with Crippen LogP contribution in [0, 0.1) is 5.41 Å². The molecule has 4 rings (SSSR count). The smallest absolute Gasteiger partial charge is 0.235 e. The van der Waals surface area contributed by atoms with Crippen LogP contribution in [0.15, 0.2) is 78.6 Å². The number of nitrogens with zero attached hydrogens (tertiary/aromatic N) is 2. The van der Waals surface area contributed by atoms with E-state index >= 15 is 0 Å². The summed E-state index contributed by atoms with van der Waals surface area (Å²) >= 11 is 0. The molecule has 0 atom stereocenters. The number of carbonyl (C=O) groups excluding carboxylic acids is 3. The van der Waals surface area contributed by atoms with Crippen LogP contribution in [0.4, 0.5) is 11.4 Å². The van der Waals surface area contributed by atoms with Crippen LogP contribution in [-0.4, -0.2) is 36.7 Å². The first-order valence-electron chi connectivity index (χ1n) is 13.5. The van der Waals surface area contributed by atoms with Crippen molar-refractivity contribution in [1.82, 2.24) is 0 Å². The molecule has 8 nitrogen and oxygen atoms in total. The number of aryl methyl sites for hydroxylation is 2. The van der Waals surface area contributed by atoms with Gasteiger partial charge in [0.1, 0.15) is 5.84 Å². The zero-order chi connectivity index (χ0) is 28.5. The molecule has 0 saturated carbocycles. The number of carbonyl (C=O) groups is 2. The molecule has 214 valence electrons. The van der Waals surface area contributed by atoms with Crippen LogP contribution >= 0.6 is 12.4 Å². The molecule has 0 aromatic heterocycles. The van der Waals surface area contributed by atoms with Crippen LogP contribution in [0.1, 0.15) is 48.4 Å². The second kappa shape index (κ2) is 14.8. The van der Waals surface area contributed by atoms with Gasteiger partial charge in [0.25, 0.3) is 0 Å². The minimum Gasteiger partial charge on any atom is -0.486 e. The van der Waals surface area contributed by atoms with Crippen molar-refractivity contribution in [3.8, 4) is 0 Å². The SMILES string of the molecule is CCOC(=C=O)CC(=O)N(Cc1ccccc1)c1ccc2c(c1)CCCN2C(=O)CCc1ccc(C(=N)N)cc1.Cl. The summed E-state index contributed by atoms with van der Waals surface area (Å²) in [7, 11) is 0. The highest BCUT2D eigenvalue weighted by atomic mass is 35.5. The van der Waals surface area contributed by atoms with Crippen molar-refractivity contribution in [1.29, 1.82) is 5.41 Å². The predicted molar refractivity (Wildman–Crippen MR) is 163 cm³/mol. The summed E-state index contributed by atoms with van der Waals surface area (Å²) in [4.78, 5) is 41.4. The number of nitrogens with one attached hydrogen (secondary N) is 1. The van der Waals surface area contributed by atoms with Crippen molar-refractivity contribution >= 4 is 47.4 Å². The third kappa shape index (κ3) is 8.07. The number of nitrogen functional groups attached to an aromatic ring is 1. The normalized spacial score (nSPS) is 11.9. The van der Waals surface area contributed by atoms with Gasteiger partial charge < -0.3 is 20.3 Å². The number of amides is 2. The molecule has 0 spiro atoms. The topological polar surface area (TPSA) is 117 Å². The molecule has 41 heavy (non-hydrogen) atoms. The van der Waals surface area contributed by atoms with Crippen LogP contribution < -0.4 is 15.5 Å². The van der Waals surface area contributed by atoms with Gasteiger partial charge in [-0.2, -0.15) is 0 Å². The predicted octanol–water partition coefficient (Wildman–Crippen LogP) is 4.98. The molecule has 0 aliphatic carbocycles. The Hall–Kier alpha value is -4.39. The standard InChI is InChI=1S/C32H34N4O4.ClH/c1-2-40-28(22-37)20-31(39)36(21-24-7-4-3-5-8-24)27-15-16-29-26(19-27)9-6-18-35(29)30(38)17-12-23-10-13-25(14-11-23)32(33)34;/h3-5,7-8,10-11,13-16,19H,2,6,9,12,17-18,20-21H2,1H3,(H3,33,34);1H. The van der Waals surface area contributed by atoms with Crippen LogP contribution in [-0.2, 0) is 38.5 Å². The van der Waals surface area contributed by atoms with Crippen molar-refractivity contribution in [2.24, 2.45) is 5.73 Å². The van der Waals surface area contributed by atoms with Gasteiger partial charge in [-0.1, -0.05) is 54.6 Å². The number of amidine groups is 1. The van der Waals surface area contributed by atoms with Crippen LogP contribution in [0.2, 0.25) is 0 Å². The molecular formula is C32H35ClN4O4. The van der Waals surface area contributed by atoms with Crippen LogP contribution in [0.25, 0.3) is 0 Å². The number of benzene rings is 3. The fourth-order valence-corrected chi connectivity index (χ4v) is 4.86. The summed E-state index contributed by atoms with van der Waals surface area (Å²) in [5, 5.41) is 7.53. The Balaban J connectivity index is 0.00000462. The van der Waals surface area contributed by atoms with E-state index in [1.807, 2.05) is 65.6 Å². The molecule has 1 aliphatic heterocycles. The molecular weight excluding hydrogens is 540 g/mol. The molecule has 0 saturated heterocycles. The van der Waals surface area contributed by atoms with E-state index in [1.54, 1.807) is 29.9 Å². The fraction of sp³-hybridized carbons (Fsp3) is 0.281. The Morgan fingerprint density at radius 1 is 1.05 bits per heavy atom. The van der Waals surface area contributed by atoms with Gasteiger partial charge in [-0.15, -0.1) is 12.4 Å². The lowest BCUT2D eigenvalue weighted by Gasteiger charge is -2.31. The number of hydrogen-bond acceptors (Lipinski definition) is 5. The van der Waals surface area contributed by atoms with Crippen molar-refractivity contribution in [3.63, 3.8) is 0 Å². The number of fused-ring (bicyclic) bond motifs is 1. The van der Waals surface area contributed by atoms with Crippen LogP contribution in [0.3, 0.4) is 0 Å². The van der Waals surface area contributed by atoms with E-state index in [1.165, 1.54) is 0 Å². The first kappa shape index (κ1) is 31.1. The maximum absolute atomic E-state index is 13.4. The minimum atomic E-state index is -0.268. The fourth-order valence-electron chi connectivity index (χ4n) is 4.86. The second-order valence-electron chi connectivity index (χ2n) is 9.67. The number of hydrogen-bond donors (Lipinski definition) is 2. The summed E-state index contributed by atoms with van der Waals surface area (Å²) in [5.74, 6) is 1.52. The van der Waals surface area contributed by atoms with Crippen molar-refractivity contribution in [2.45, 2.75) is 45.6 Å². The van der Waals surface area contributed by atoms with Gasteiger partial charge in [0.05, 0.1) is 19.6 Å². The van der Waals surface area contributed by atoms with E-state index < -0.39 is 0 Å². The Bertz CT molecular complexity index is 1420. The maximum Gasteiger partial charge on any atom is 0.235 e. The van der Waals surface area contributed by atoms with Gasteiger partial charge in [0.2, 0.25) is 11.8 Å². The molecule has 2 amide bonds. The highest BCUT2D eigenvalue weighted by Gasteiger charge is 2.25. The van der Waals surface area contributed by atoms with Gasteiger partial charge in [-0.25, -0.2) is 4.79 Å². The lowest BCUT2D eigenvalue weighted by molar-refractivity contribution is -0.119. The average molecular weight is 575 g/mol. The summed E-state index contributed by atoms with van der Waals surface area (Å²) in [6.07, 6.45) is 2.39. The summed E-state index contributed by atoms with van der Waals surface area (Å²) in [6.45, 7) is 3.01. The third-order valence-corrected chi connectivity index (χ3v) is 6.92. The third-order valence-electron chi connectivity index (χ3n) is 6.92. The lowest BCUT2D eigenvalue weighted by Crippen LogP contribution is -2.36. The van der Waals surface area contributed by atoms with Gasteiger partial charge in [0, 0.05) is 29.9 Å². The monoisotopic (exact) mass is 574 g/mol. The average Bonchev–Trinajstić information content (AvgIpc) is 2.98. The highest BCUT2D eigenvalue weighted by Crippen LogP contribution is 2.32. The van der Waals surface area contributed by atoms with E-state index in [9.17, 15) is 14.4 Å². The zero-order valence-corrected chi connectivity index (χ0v) is 23.9. The Kier molecular flexibility index (Phi) is 11.3.